The lowest BCUT2D eigenvalue weighted by Gasteiger charge is -2.13. The van der Waals surface area contributed by atoms with Gasteiger partial charge in [-0.1, -0.05) is 19.1 Å². The van der Waals surface area contributed by atoms with Crippen LogP contribution in [0.1, 0.15) is 34.8 Å². The summed E-state index contributed by atoms with van der Waals surface area (Å²) in [5.41, 5.74) is 1.20. The van der Waals surface area contributed by atoms with Crippen LogP contribution in [0.5, 0.6) is 11.5 Å². The van der Waals surface area contributed by atoms with E-state index in [0.717, 1.165) is 22.1 Å². The van der Waals surface area contributed by atoms with E-state index < -0.39 is 23.2 Å². The summed E-state index contributed by atoms with van der Waals surface area (Å²) in [4.78, 5) is 12.1. The maximum absolute atomic E-state index is 13.0. The Morgan fingerprint density at radius 3 is 2.64 bits per heavy atom. The van der Waals surface area contributed by atoms with Gasteiger partial charge in [0.25, 0.3) is 5.91 Å². The molecule has 2 aromatic rings. The van der Waals surface area contributed by atoms with E-state index in [0.29, 0.717) is 23.7 Å². The molecule has 0 saturated heterocycles. The highest BCUT2D eigenvalue weighted by molar-refractivity contribution is 14.1. The quantitative estimate of drug-likeness (QED) is 0.331. The van der Waals surface area contributed by atoms with Gasteiger partial charge in [0.2, 0.25) is 0 Å². The van der Waals surface area contributed by atoms with Crippen molar-refractivity contribution in [1.29, 1.82) is 0 Å². The van der Waals surface area contributed by atoms with Crippen molar-refractivity contribution in [1.82, 2.24) is 5.43 Å². The Labute approximate surface area is 174 Å². The van der Waals surface area contributed by atoms with E-state index in [1.165, 1.54) is 25.5 Å². The van der Waals surface area contributed by atoms with Gasteiger partial charge in [-0.05, 0) is 58.8 Å². The van der Waals surface area contributed by atoms with Gasteiger partial charge in [-0.25, -0.2) is 5.43 Å². The lowest BCUT2D eigenvalue weighted by molar-refractivity contribution is -0.137. The highest BCUT2D eigenvalue weighted by Gasteiger charge is 2.34. The number of nitrogens with one attached hydrogen (secondary N) is 1. The molecule has 0 saturated carbocycles. The third-order valence-electron chi connectivity index (χ3n) is 3.56. The molecule has 0 bridgehead atoms. The fraction of sp³-hybridized carbons (Fsp3) is 0.263. The van der Waals surface area contributed by atoms with Gasteiger partial charge in [-0.3, -0.25) is 4.79 Å². The molecule has 2 rings (SSSR count). The van der Waals surface area contributed by atoms with Crippen LogP contribution < -0.4 is 14.9 Å². The first-order chi connectivity index (χ1) is 13.3. The maximum atomic E-state index is 13.0. The fourth-order valence-corrected chi connectivity index (χ4v) is 3.09. The summed E-state index contributed by atoms with van der Waals surface area (Å²) in [5.74, 6) is 0.148. The van der Waals surface area contributed by atoms with Gasteiger partial charge in [-0.15, -0.1) is 0 Å². The molecule has 1 N–H and O–H groups in total. The fourth-order valence-electron chi connectivity index (χ4n) is 2.31. The van der Waals surface area contributed by atoms with Crippen molar-refractivity contribution in [2.24, 2.45) is 5.10 Å². The Balaban J connectivity index is 2.17. The van der Waals surface area contributed by atoms with Gasteiger partial charge < -0.3 is 9.47 Å². The van der Waals surface area contributed by atoms with Crippen molar-refractivity contribution in [3.63, 3.8) is 0 Å². The summed E-state index contributed by atoms with van der Waals surface area (Å²) >= 11 is 2.08. The molecule has 0 heterocycles. The summed E-state index contributed by atoms with van der Waals surface area (Å²) in [6.07, 6.45) is -2.47. The van der Waals surface area contributed by atoms with Gasteiger partial charge in [0, 0.05) is 0 Å². The highest BCUT2D eigenvalue weighted by Crippen LogP contribution is 2.34. The van der Waals surface area contributed by atoms with Crippen LogP contribution in [0.3, 0.4) is 0 Å². The van der Waals surface area contributed by atoms with E-state index in [1.54, 1.807) is 12.1 Å². The Bertz CT molecular complexity index is 870. The monoisotopic (exact) mass is 506 g/mol. The first kappa shape index (κ1) is 22.0. The number of halogens is 4. The molecule has 0 spiro atoms. The molecule has 0 fully saturated rings. The minimum Gasteiger partial charge on any atom is -0.493 e. The lowest BCUT2D eigenvalue weighted by Crippen LogP contribution is -2.22. The molecule has 28 heavy (non-hydrogen) atoms. The van der Waals surface area contributed by atoms with E-state index in [1.807, 2.05) is 6.92 Å². The summed E-state index contributed by atoms with van der Waals surface area (Å²) in [6.45, 7) is 2.52. The summed E-state index contributed by atoms with van der Waals surface area (Å²) < 4.78 is 50.8. The molecule has 0 radical (unpaired) electrons. The predicted molar refractivity (Wildman–Crippen MR) is 108 cm³/mol. The number of alkyl halides is 3. The number of nitrogens with zero attached hydrogens (tertiary/aromatic N) is 1. The molecule has 1 amide bonds. The number of ether oxygens (including phenoxy) is 2. The Morgan fingerprint density at radius 1 is 1.29 bits per heavy atom. The van der Waals surface area contributed by atoms with Gasteiger partial charge in [0.15, 0.2) is 11.5 Å². The van der Waals surface area contributed by atoms with Gasteiger partial charge in [0.05, 0.1) is 34.6 Å². The molecule has 0 aliphatic rings. The smallest absolute Gasteiger partial charge is 0.417 e. The van der Waals surface area contributed by atoms with Crippen LogP contribution in [-0.2, 0) is 6.18 Å². The van der Waals surface area contributed by atoms with Crippen molar-refractivity contribution >= 4 is 34.7 Å². The van der Waals surface area contributed by atoms with Gasteiger partial charge in [0.1, 0.15) is 0 Å². The molecule has 0 atom stereocenters. The molecule has 0 unspecified atom stereocenters. The number of carbonyl (C=O) groups is 1. The number of amides is 1. The maximum Gasteiger partial charge on any atom is 0.417 e. The van der Waals surface area contributed by atoms with E-state index in [2.05, 4.69) is 33.1 Å². The van der Waals surface area contributed by atoms with Crippen molar-refractivity contribution in [3.8, 4) is 11.5 Å². The molecular weight excluding hydrogens is 488 g/mol. The van der Waals surface area contributed by atoms with E-state index in [9.17, 15) is 18.0 Å². The van der Waals surface area contributed by atoms with Crippen LogP contribution in [-0.4, -0.2) is 25.8 Å². The Kier molecular flexibility index (Phi) is 7.67. The van der Waals surface area contributed by atoms with Crippen molar-refractivity contribution in [2.45, 2.75) is 19.5 Å². The standard InChI is InChI=1S/C19H18F3IN2O3/c1-3-8-28-17-15(23)9-12(10-16(17)27-2)11-24-25-18(26)13-6-4-5-7-14(13)19(20,21)22/h4-7,9-11H,3,8H2,1-2H3,(H,25,26)/b24-11+. The van der Waals surface area contributed by atoms with Crippen molar-refractivity contribution < 1.29 is 27.4 Å². The lowest BCUT2D eigenvalue weighted by atomic mass is 10.1. The number of benzene rings is 2. The second-order valence-corrected chi connectivity index (χ2v) is 6.79. The van der Waals surface area contributed by atoms with Crippen LogP contribution in [0.2, 0.25) is 0 Å². The second kappa shape index (κ2) is 9.76. The largest absolute Gasteiger partial charge is 0.493 e. The topological polar surface area (TPSA) is 59.9 Å². The van der Waals surface area contributed by atoms with Crippen LogP contribution in [0.15, 0.2) is 41.5 Å². The van der Waals surface area contributed by atoms with Gasteiger partial charge >= 0.3 is 6.18 Å². The number of hydrazone groups is 1. The minimum atomic E-state index is -4.63. The highest BCUT2D eigenvalue weighted by atomic mass is 127. The number of hydrogen-bond acceptors (Lipinski definition) is 4. The number of carbonyl (C=O) groups excluding carboxylic acids is 1. The first-order valence-corrected chi connectivity index (χ1v) is 9.35. The first-order valence-electron chi connectivity index (χ1n) is 8.27. The third kappa shape index (κ3) is 5.60. The zero-order valence-electron chi connectivity index (χ0n) is 15.1. The van der Waals surface area contributed by atoms with Crippen molar-refractivity contribution in [2.75, 3.05) is 13.7 Å². The van der Waals surface area contributed by atoms with Crippen LogP contribution >= 0.6 is 22.6 Å². The van der Waals surface area contributed by atoms with Gasteiger partial charge in [-0.2, -0.15) is 18.3 Å². The minimum absolute atomic E-state index is 0.496. The molecule has 0 aliphatic carbocycles. The molecule has 0 aliphatic heterocycles. The molecule has 9 heteroatoms. The number of rotatable bonds is 7. The molecule has 5 nitrogen and oxygen atoms in total. The van der Waals surface area contributed by atoms with E-state index >= 15 is 0 Å². The predicted octanol–water partition coefficient (Wildman–Crippen LogP) is 4.87. The Hall–Kier alpha value is -2.30. The summed E-state index contributed by atoms with van der Waals surface area (Å²) in [7, 11) is 1.50. The normalized spacial score (nSPS) is 11.5. The SMILES string of the molecule is CCCOc1c(I)cc(/C=N/NC(=O)c2ccccc2C(F)(F)F)cc1OC. The van der Waals surface area contributed by atoms with E-state index in [4.69, 9.17) is 9.47 Å². The van der Waals surface area contributed by atoms with Crippen LogP contribution in [0, 0.1) is 3.57 Å². The van der Waals surface area contributed by atoms with Crippen molar-refractivity contribution in [3.05, 3.63) is 56.7 Å². The zero-order valence-corrected chi connectivity index (χ0v) is 17.3. The molecule has 2 aromatic carbocycles. The second-order valence-electron chi connectivity index (χ2n) is 5.63. The number of hydrogen-bond donors (Lipinski definition) is 1. The van der Waals surface area contributed by atoms with E-state index in [-0.39, 0.29) is 0 Å². The third-order valence-corrected chi connectivity index (χ3v) is 4.36. The zero-order chi connectivity index (χ0) is 20.7. The average Bonchev–Trinajstić information content (AvgIpc) is 2.66. The molecule has 0 aromatic heterocycles. The average molecular weight is 506 g/mol. The molecule has 150 valence electrons. The van der Waals surface area contributed by atoms with Crippen LogP contribution in [0.25, 0.3) is 0 Å². The summed E-state index contributed by atoms with van der Waals surface area (Å²) in [5, 5.41) is 3.76. The summed E-state index contributed by atoms with van der Waals surface area (Å²) in [6, 6.07) is 7.94. The van der Waals surface area contributed by atoms with Crippen LogP contribution in [0.4, 0.5) is 13.2 Å². The Morgan fingerprint density at radius 2 is 2.00 bits per heavy atom. The molecular formula is C19H18F3IN2O3. The number of methoxy groups -OCH3 is 1.